The van der Waals surface area contributed by atoms with Crippen molar-refractivity contribution in [3.05, 3.63) is 30.1 Å². The fourth-order valence-corrected chi connectivity index (χ4v) is 1.50. The zero-order chi connectivity index (χ0) is 11.8. The van der Waals surface area contributed by atoms with Gasteiger partial charge >= 0.3 is 0 Å². The van der Waals surface area contributed by atoms with Crippen LogP contribution in [0.25, 0.3) is 0 Å². The second kappa shape index (κ2) is 7.36. The summed E-state index contributed by atoms with van der Waals surface area (Å²) >= 11 is 0. The molecular formula is C13H23N3. The number of pyridine rings is 1. The van der Waals surface area contributed by atoms with Crippen LogP contribution in [0.1, 0.15) is 26.3 Å². The van der Waals surface area contributed by atoms with Gasteiger partial charge in [0.25, 0.3) is 0 Å². The summed E-state index contributed by atoms with van der Waals surface area (Å²) in [7, 11) is 0. The molecule has 0 amide bonds. The van der Waals surface area contributed by atoms with E-state index in [1.807, 2.05) is 12.4 Å². The SMILES string of the molecule is CC(C)NCC(C)NCCc1ccncc1. The molecule has 0 radical (unpaired) electrons. The minimum Gasteiger partial charge on any atom is -0.313 e. The van der Waals surface area contributed by atoms with Gasteiger partial charge in [-0.25, -0.2) is 0 Å². The van der Waals surface area contributed by atoms with Crippen molar-refractivity contribution in [2.24, 2.45) is 0 Å². The Morgan fingerprint density at radius 2 is 1.81 bits per heavy atom. The molecule has 0 saturated carbocycles. The third-order valence-corrected chi connectivity index (χ3v) is 2.49. The van der Waals surface area contributed by atoms with Crippen LogP contribution in [0.5, 0.6) is 0 Å². The average Bonchev–Trinajstić information content (AvgIpc) is 2.28. The summed E-state index contributed by atoms with van der Waals surface area (Å²) in [6, 6.07) is 5.21. The van der Waals surface area contributed by atoms with E-state index in [0.29, 0.717) is 12.1 Å². The van der Waals surface area contributed by atoms with E-state index in [0.717, 1.165) is 19.5 Å². The van der Waals surface area contributed by atoms with Crippen LogP contribution in [0, 0.1) is 0 Å². The molecule has 0 bridgehead atoms. The van der Waals surface area contributed by atoms with Gasteiger partial charge in [0, 0.05) is 31.0 Å². The molecule has 1 unspecified atom stereocenters. The zero-order valence-corrected chi connectivity index (χ0v) is 10.5. The van der Waals surface area contributed by atoms with E-state index in [9.17, 15) is 0 Å². The minimum atomic E-state index is 0.518. The van der Waals surface area contributed by atoms with Gasteiger partial charge in [0.1, 0.15) is 0 Å². The topological polar surface area (TPSA) is 37.0 Å². The Balaban J connectivity index is 2.11. The van der Waals surface area contributed by atoms with E-state index in [-0.39, 0.29) is 0 Å². The van der Waals surface area contributed by atoms with Gasteiger partial charge in [-0.2, -0.15) is 0 Å². The van der Waals surface area contributed by atoms with Crippen LogP contribution in [-0.4, -0.2) is 30.2 Å². The number of nitrogens with one attached hydrogen (secondary N) is 2. The van der Waals surface area contributed by atoms with Gasteiger partial charge < -0.3 is 10.6 Å². The van der Waals surface area contributed by atoms with Crippen molar-refractivity contribution in [3.8, 4) is 0 Å². The first-order chi connectivity index (χ1) is 7.68. The third kappa shape index (κ3) is 5.83. The van der Waals surface area contributed by atoms with Gasteiger partial charge in [-0.05, 0) is 37.6 Å². The van der Waals surface area contributed by atoms with Crippen molar-refractivity contribution in [1.29, 1.82) is 0 Å². The third-order valence-electron chi connectivity index (χ3n) is 2.49. The fraction of sp³-hybridized carbons (Fsp3) is 0.615. The zero-order valence-electron chi connectivity index (χ0n) is 10.5. The maximum atomic E-state index is 4.01. The molecule has 1 aromatic heterocycles. The van der Waals surface area contributed by atoms with E-state index in [1.165, 1.54) is 5.56 Å². The number of nitrogens with zero attached hydrogens (tertiary/aromatic N) is 1. The second-order valence-electron chi connectivity index (χ2n) is 4.52. The van der Waals surface area contributed by atoms with E-state index >= 15 is 0 Å². The molecule has 3 nitrogen and oxygen atoms in total. The summed E-state index contributed by atoms with van der Waals surface area (Å²) in [4.78, 5) is 4.01. The molecule has 0 aromatic carbocycles. The van der Waals surface area contributed by atoms with Crippen molar-refractivity contribution in [2.75, 3.05) is 13.1 Å². The Bertz CT molecular complexity index is 272. The maximum Gasteiger partial charge on any atom is 0.0270 e. The first kappa shape index (κ1) is 13.1. The first-order valence-electron chi connectivity index (χ1n) is 6.04. The highest BCUT2D eigenvalue weighted by Gasteiger charge is 2.01. The summed E-state index contributed by atoms with van der Waals surface area (Å²) in [6.45, 7) is 8.59. The lowest BCUT2D eigenvalue weighted by Crippen LogP contribution is -2.39. The number of hydrogen-bond donors (Lipinski definition) is 2. The molecule has 0 aliphatic carbocycles. The van der Waals surface area contributed by atoms with Crippen LogP contribution >= 0.6 is 0 Å². The van der Waals surface area contributed by atoms with Gasteiger partial charge in [-0.15, -0.1) is 0 Å². The molecule has 0 fully saturated rings. The molecule has 2 N–H and O–H groups in total. The fourth-order valence-electron chi connectivity index (χ4n) is 1.50. The summed E-state index contributed by atoms with van der Waals surface area (Å²) in [6.07, 6.45) is 4.76. The van der Waals surface area contributed by atoms with Gasteiger partial charge in [0.15, 0.2) is 0 Å². The highest BCUT2D eigenvalue weighted by Crippen LogP contribution is 1.96. The number of hydrogen-bond acceptors (Lipinski definition) is 3. The Hall–Kier alpha value is -0.930. The van der Waals surface area contributed by atoms with Crippen LogP contribution in [0.3, 0.4) is 0 Å². The molecule has 1 heterocycles. The molecule has 90 valence electrons. The Labute approximate surface area is 98.7 Å². The highest BCUT2D eigenvalue weighted by molar-refractivity contribution is 5.09. The van der Waals surface area contributed by atoms with Gasteiger partial charge in [0.2, 0.25) is 0 Å². The highest BCUT2D eigenvalue weighted by atomic mass is 15.0. The molecule has 1 rings (SSSR count). The number of aromatic nitrogens is 1. The quantitative estimate of drug-likeness (QED) is 0.734. The number of rotatable bonds is 7. The molecule has 16 heavy (non-hydrogen) atoms. The van der Waals surface area contributed by atoms with E-state index in [4.69, 9.17) is 0 Å². The lowest BCUT2D eigenvalue weighted by atomic mass is 10.2. The normalized spacial score (nSPS) is 13.0. The van der Waals surface area contributed by atoms with Gasteiger partial charge in [-0.1, -0.05) is 13.8 Å². The minimum absolute atomic E-state index is 0.518. The Morgan fingerprint density at radius 1 is 1.12 bits per heavy atom. The molecule has 0 spiro atoms. The predicted octanol–water partition coefficient (Wildman–Crippen LogP) is 1.60. The van der Waals surface area contributed by atoms with Crippen LogP contribution < -0.4 is 10.6 Å². The van der Waals surface area contributed by atoms with E-state index in [2.05, 4.69) is 48.5 Å². The summed E-state index contributed by atoms with van der Waals surface area (Å²) in [5.41, 5.74) is 1.34. The van der Waals surface area contributed by atoms with Crippen molar-refractivity contribution in [2.45, 2.75) is 39.3 Å². The van der Waals surface area contributed by atoms with Crippen LogP contribution in [0.2, 0.25) is 0 Å². The Kier molecular flexibility index (Phi) is 6.04. The van der Waals surface area contributed by atoms with E-state index in [1.54, 1.807) is 0 Å². The molecule has 1 aromatic rings. The second-order valence-corrected chi connectivity index (χ2v) is 4.52. The standard InChI is InChI=1S/C13H23N3/c1-11(2)16-10-12(3)15-9-6-13-4-7-14-8-5-13/h4-5,7-8,11-12,15-16H,6,9-10H2,1-3H3. The maximum absolute atomic E-state index is 4.01. The van der Waals surface area contributed by atoms with Crippen LogP contribution in [0.4, 0.5) is 0 Å². The van der Waals surface area contributed by atoms with Crippen LogP contribution in [0.15, 0.2) is 24.5 Å². The monoisotopic (exact) mass is 221 g/mol. The van der Waals surface area contributed by atoms with Crippen molar-refractivity contribution >= 4 is 0 Å². The Morgan fingerprint density at radius 3 is 2.44 bits per heavy atom. The van der Waals surface area contributed by atoms with Gasteiger partial charge in [0.05, 0.1) is 0 Å². The van der Waals surface area contributed by atoms with E-state index < -0.39 is 0 Å². The molecule has 3 heteroatoms. The average molecular weight is 221 g/mol. The summed E-state index contributed by atoms with van der Waals surface area (Å²) in [5.74, 6) is 0. The van der Waals surface area contributed by atoms with Crippen molar-refractivity contribution in [3.63, 3.8) is 0 Å². The van der Waals surface area contributed by atoms with Crippen molar-refractivity contribution < 1.29 is 0 Å². The first-order valence-corrected chi connectivity index (χ1v) is 6.04. The summed E-state index contributed by atoms with van der Waals surface area (Å²) < 4.78 is 0. The largest absolute Gasteiger partial charge is 0.313 e. The lowest BCUT2D eigenvalue weighted by molar-refractivity contribution is 0.476. The molecular weight excluding hydrogens is 198 g/mol. The van der Waals surface area contributed by atoms with Crippen molar-refractivity contribution in [1.82, 2.24) is 15.6 Å². The molecule has 0 aliphatic rings. The molecule has 0 saturated heterocycles. The predicted molar refractivity (Wildman–Crippen MR) is 68.5 cm³/mol. The lowest BCUT2D eigenvalue weighted by Gasteiger charge is -2.16. The summed E-state index contributed by atoms with van der Waals surface area (Å²) in [5, 5.41) is 6.92. The smallest absolute Gasteiger partial charge is 0.0270 e. The molecule has 0 aliphatic heterocycles. The molecule has 1 atom stereocenters. The van der Waals surface area contributed by atoms with Crippen LogP contribution in [-0.2, 0) is 6.42 Å². The van der Waals surface area contributed by atoms with Gasteiger partial charge in [-0.3, -0.25) is 4.98 Å².